The van der Waals surface area contributed by atoms with E-state index >= 15 is 0 Å². The second-order valence-electron chi connectivity index (χ2n) is 5.30. The molecule has 3 nitrogen and oxygen atoms in total. The smallest absolute Gasteiger partial charge is 0.226 e. The molecule has 0 unspecified atom stereocenters. The van der Waals surface area contributed by atoms with Crippen LogP contribution in [0.1, 0.15) is 26.3 Å². The van der Waals surface area contributed by atoms with Gasteiger partial charge in [0.2, 0.25) is 5.91 Å². The maximum atomic E-state index is 12.1. The number of benzene rings is 1. The van der Waals surface area contributed by atoms with Crippen molar-refractivity contribution in [2.75, 3.05) is 6.54 Å². The molecular weight excluding hydrogens is 248 g/mol. The molecule has 1 atom stereocenters. The summed E-state index contributed by atoms with van der Waals surface area (Å²) in [6.07, 6.45) is 0.649. The third-order valence-electron chi connectivity index (χ3n) is 2.88. The molecule has 0 bridgehead atoms. The molecule has 0 saturated carbocycles. The molecule has 0 aliphatic heterocycles. The van der Waals surface area contributed by atoms with Crippen LogP contribution < -0.4 is 11.1 Å². The van der Waals surface area contributed by atoms with E-state index in [9.17, 15) is 4.79 Å². The Balaban J connectivity index is 2.72. The fourth-order valence-electron chi connectivity index (χ4n) is 1.72. The Kier molecular flexibility index (Phi) is 5.17. The van der Waals surface area contributed by atoms with Crippen LogP contribution in [0.5, 0.6) is 0 Å². The van der Waals surface area contributed by atoms with Gasteiger partial charge in [-0.1, -0.05) is 37.6 Å². The number of hydrogen-bond acceptors (Lipinski definition) is 2. The van der Waals surface area contributed by atoms with Crippen LogP contribution in [0.3, 0.4) is 0 Å². The highest BCUT2D eigenvalue weighted by Crippen LogP contribution is 2.23. The molecule has 0 aliphatic carbocycles. The van der Waals surface area contributed by atoms with E-state index in [0.717, 1.165) is 5.56 Å². The fraction of sp³-hybridized carbons (Fsp3) is 0.500. The summed E-state index contributed by atoms with van der Waals surface area (Å²) in [5.41, 5.74) is 6.08. The van der Waals surface area contributed by atoms with Gasteiger partial charge < -0.3 is 11.1 Å². The standard InChI is InChI=1S/C14H21ClN2O/c1-10(9-16)17-13(18)14(2,3)8-11-5-4-6-12(15)7-11/h4-7,10H,8-9,16H2,1-3H3,(H,17,18)/t10-/m0/s1. The predicted molar refractivity (Wildman–Crippen MR) is 75.6 cm³/mol. The van der Waals surface area contributed by atoms with Gasteiger partial charge in [0, 0.05) is 23.0 Å². The van der Waals surface area contributed by atoms with Gasteiger partial charge in [-0.25, -0.2) is 0 Å². The topological polar surface area (TPSA) is 55.1 Å². The summed E-state index contributed by atoms with van der Waals surface area (Å²) >= 11 is 5.94. The molecule has 0 spiro atoms. The monoisotopic (exact) mass is 268 g/mol. The Morgan fingerprint density at radius 3 is 2.72 bits per heavy atom. The molecule has 0 fully saturated rings. The molecule has 100 valence electrons. The molecule has 18 heavy (non-hydrogen) atoms. The maximum absolute atomic E-state index is 12.1. The number of carbonyl (C=O) groups excluding carboxylic acids is 1. The highest BCUT2D eigenvalue weighted by molar-refractivity contribution is 6.30. The van der Waals surface area contributed by atoms with Crippen molar-refractivity contribution in [1.29, 1.82) is 0 Å². The van der Waals surface area contributed by atoms with Crippen LogP contribution in [0.2, 0.25) is 5.02 Å². The largest absolute Gasteiger partial charge is 0.352 e. The van der Waals surface area contributed by atoms with E-state index in [0.29, 0.717) is 18.0 Å². The quantitative estimate of drug-likeness (QED) is 0.861. The van der Waals surface area contributed by atoms with Crippen LogP contribution in [-0.4, -0.2) is 18.5 Å². The van der Waals surface area contributed by atoms with Crippen LogP contribution in [0.15, 0.2) is 24.3 Å². The van der Waals surface area contributed by atoms with Crippen LogP contribution in [0, 0.1) is 5.41 Å². The number of halogens is 1. The third kappa shape index (κ3) is 4.31. The van der Waals surface area contributed by atoms with Gasteiger partial charge in [-0.05, 0) is 31.0 Å². The Hall–Kier alpha value is -1.06. The number of amides is 1. The summed E-state index contributed by atoms with van der Waals surface area (Å²) < 4.78 is 0. The Bertz CT molecular complexity index is 418. The highest BCUT2D eigenvalue weighted by Gasteiger charge is 2.28. The normalized spacial score (nSPS) is 13.2. The molecule has 1 rings (SSSR count). The van der Waals surface area contributed by atoms with Gasteiger partial charge in [-0.15, -0.1) is 0 Å². The minimum atomic E-state index is -0.478. The lowest BCUT2D eigenvalue weighted by atomic mass is 9.84. The first-order valence-corrected chi connectivity index (χ1v) is 6.48. The first kappa shape index (κ1) is 15.0. The Morgan fingerprint density at radius 1 is 1.50 bits per heavy atom. The maximum Gasteiger partial charge on any atom is 0.226 e. The molecular formula is C14H21ClN2O. The summed E-state index contributed by atoms with van der Waals surface area (Å²) in [6, 6.07) is 7.59. The number of carbonyl (C=O) groups is 1. The van der Waals surface area contributed by atoms with Gasteiger partial charge in [-0.2, -0.15) is 0 Å². The summed E-state index contributed by atoms with van der Waals surface area (Å²) in [4.78, 5) is 12.1. The molecule has 0 saturated heterocycles. The first-order valence-electron chi connectivity index (χ1n) is 6.10. The number of nitrogens with two attached hydrogens (primary N) is 1. The van der Waals surface area contributed by atoms with Crippen molar-refractivity contribution >= 4 is 17.5 Å². The van der Waals surface area contributed by atoms with Crippen LogP contribution in [0.25, 0.3) is 0 Å². The van der Waals surface area contributed by atoms with Crippen LogP contribution in [0.4, 0.5) is 0 Å². The molecule has 4 heteroatoms. The minimum Gasteiger partial charge on any atom is -0.352 e. The second-order valence-corrected chi connectivity index (χ2v) is 5.74. The van der Waals surface area contributed by atoms with E-state index in [2.05, 4.69) is 5.32 Å². The van der Waals surface area contributed by atoms with Crippen molar-refractivity contribution in [2.24, 2.45) is 11.1 Å². The van der Waals surface area contributed by atoms with Crippen LogP contribution in [-0.2, 0) is 11.2 Å². The zero-order valence-electron chi connectivity index (χ0n) is 11.2. The molecule has 0 radical (unpaired) electrons. The molecule has 3 N–H and O–H groups in total. The van der Waals surface area contributed by atoms with Crippen molar-refractivity contribution < 1.29 is 4.79 Å². The number of nitrogens with one attached hydrogen (secondary N) is 1. The van der Waals surface area contributed by atoms with E-state index < -0.39 is 5.41 Å². The highest BCUT2D eigenvalue weighted by atomic mass is 35.5. The van der Waals surface area contributed by atoms with E-state index in [1.165, 1.54) is 0 Å². The summed E-state index contributed by atoms with van der Waals surface area (Å²) in [5.74, 6) is 0.0143. The van der Waals surface area contributed by atoms with Crippen molar-refractivity contribution in [1.82, 2.24) is 5.32 Å². The molecule has 1 aromatic rings. The van der Waals surface area contributed by atoms with Gasteiger partial charge in [0.15, 0.2) is 0 Å². The lowest BCUT2D eigenvalue weighted by Crippen LogP contribution is -2.45. The van der Waals surface area contributed by atoms with Gasteiger partial charge >= 0.3 is 0 Å². The summed E-state index contributed by atoms with van der Waals surface area (Å²) in [6.45, 7) is 6.19. The van der Waals surface area contributed by atoms with E-state index in [1.807, 2.05) is 45.0 Å². The molecule has 0 heterocycles. The average Bonchev–Trinajstić information content (AvgIpc) is 2.28. The van der Waals surface area contributed by atoms with E-state index in [1.54, 1.807) is 0 Å². The van der Waals surface area contributed by atoms with Gasteiger partial charge in [-0.3, -0.25) is 4.79 Å². The van der Waals surface area contributed by atoms with Crippen molar-refractivity contribution in [3.8, 4) is 0 Å². The van der Waals surface area contributed by atoms with Crippen molar-refractivity contribution in [2.45, 2.75) is 33.2 Å². The van der Waals surface area contributed by atoms with E-state index in [4.69, 9.17) is 17.3 Å². The molecule has 1 amide bonds. The van der Waals surface area contributed by atoms with Crippen molar-refractivity contribution in [3.05, 3.63) is 34.9 Å². The van der Waals surface area contributed by atoms with Gasteiger partial charge in [0.05, 0.1) is 0 Å². The zero-order valence-corrected chi connectivity index (χ0v) is 11.9. The number of rotatable bonds is 5. The summed E-state index contributed by atoms with van der Waals surface area (Å²) in [5, 5.41) is 3.60. The van der Waals surface area contributed by atoms with Crippen molar-refractivity contribution in [3.63, 3.8) is 0 Å². The Morgan fingerprint density at radius 2 is 2.17 bits per heavy atom. The second kappa shape index (κ2) is 6.21. The first-order chi connectivity index (χ1) is 8.35. The summed E-state index contributed by atoms with van der Waals surface area (Å²) in [7, 11) is 0. The molecule has 1 aromatic carbocycles. The van der Waals surface area contributed by atoms with Gasteiger partial charge in [0.25, 0.3) is 0 Å². The Labute approximate surface area is 114 Å². The molecule has 0 aromatic heterocycles. The zero-order chi connectivity index (χ0) is 13.8. The lowest BCUT2D eigenvalue weighted by molar-refractivity contribution is -0.129. The lowest BCUT2D eigenvalue weighted by Gasteiger charge is -2.25. The van der Waals surface area contributed by atoms with Gasteiger partial charge in [0.1, 0.15) is 0 Å². The van der Waals surface area contributed by atoms with Crippen LogP contribution >= 0.6 is 11.6 Å². The predicted octanol–water partition coefficient (Wildman–Crippen LogP) is 2.37. The fourth-order valence-corrected chi connectivity index (χ4v) is 1.93. The third-order valence-corrected chi connectivity index (χ3v) is 3.12. The minimum absolute atomic E-state index is 0.00358. The molecule has 0 aliphatic rings. The average molecular weight is 269 g/mol. The van der Waals surface area contributed by atoms with E-state index in [-0.39, 0.29) is 11.9 Å². The number of hydrogen-bond donors (Lipinski definition) is 2. The SMILES string of the molecule is C[C@@H](CN)NC(=O)C(C)(C)Cc1cccc(Cl)c1.